The number of nitrogens with one attached hydrogen (secondary N) is 4. The van der Waals surface area contributed by atoms with Gasteiger partial charge in [0.1, 0.15) is 6.04 Å². The molecule has 0 saturated heterocycles. The number of aliphatic imine (C=N–C) groups is 1. The molecular weight excluding hydrogens is 552 g/mol. The molecule has 16 heteroatoms. The Morgan fingerprint density at radius 3 is 2.17 bits per heavy atom. The number of hydrogen-bond donors (Lipinski definition) is 7. The van der Waals surface area contributed by atoms with E-state index in [0.29, 0.717) is 17.7 Å². The van der Waals surface area contributed by atoms with Crippen molar-refractivity contribution in [3.8, 4) is 0 Å². The first kappa shape index (κ1) is 34.5. The number of carbonyl (C=O) groups excluding carboxylic acids is 4. The minimum Gasteiger partial charge on any atom is -0.481 e. The molecule has 0 unspecified atom stereocenters. The molecule has 2 rings (SSSR count). The number of nitrogens with two attached hydrogens (primary N) is 2. The summed E-state index contributed by atoms with van der Waals surface area (Å²) in [6.45, 7) is 0.998. The van der Waals surface area contributed by atoms with Crippen molar-refractivity contribution in [3.63, 3.8) is 0 Å². The number of amides is 4. The average Bonchev–Trinajstić information content (AvgIpc) is 2.93. The molecule has 2 aromatic rings. The lowest BCUT2D eigenvalue weighted by molar-refractivity contribution is -0.384. The Morgan fingerprint density at radius 1 is 0.976 bits per heavy atom. The van der Waals surface area contributed by atoms with Crippen molar-refractivity contribution >= 4 is 46.9 Å². The van der Waals surface area contributed by atoms with Gasteiger partial charge in [-0.3, -0.25) is 39.1 Å². The lowest BCUT2D eigenvalue weighted by atomic mass is 10.1. The zero-order valence-corrected chi connectivity index (χ0v) is 22.9. The summed E-state index contributed by atoms with van der Waals surface area (Å²) in [5.41, 5.74) is 11.2. The molecule has 0 aliphatic heterocycles. The summed E-state index contributed by atoms with van der Waals surface area (Å²) < 4.78 is 0. The van der Waals surface area contributed by atoms with Crippen LogP contribution in [0.3, 0.4) is 0 Å². The fourth-order valence-corrected chi connectivity index (χ4v) is 3.16. The van der Waals surface area contributed by atoms with Crippen LogP contribution in [0.1, 0.15) is 36.5 Å². The van der Waals surface area contributed by atoms with Crippen LogP contribution in [-0.2, 0) is 19.2 Å². The van der Waals surface area contributed by atoms with Gasteiger partial charge in [0.25, 0.3) is 17.6 Å². The van der Waals surface area contributed by atoms with E-state index >= 15 is 0 Å². The lowest BCUT2D eigenvalue weighted by Gasteiger charge is -2.18. The van der Waals surface area contributed by atoms with E-state index in [4.69, 9.17) is 21.4 Å². The maximum Gasteiger partial charge on any atom is 0.300 e. The van der Waals surface area contributed by atoms with Crippen molar-refractivity contribution in [2.75, 3.05) is 25.0 Å². The monoisotopic (exact) mass is 586 g/mol. The largest absolute Gasteiger partial charge is 0.481 e. The zero-order valence-electron chi connectivity index (χ0n) is 22.9. The minimum atomic E-state index is -0.992. The van der Waals surface area contributed by atoms with Gasteiger partial charge in [0, 0.05) is 49.8 Å². The minimum absolute atomic E-state index is 0.0472. The van der Waals surface area contributed by atoms with Crippen LogP contribution >= 0.6 is 0 Å². The molecular formula is C26H34N8O8. The molecule has 226 valence electrons. The van der Waals surface area contributed by atoms with E-state index in [1.165, 1.54) is 24.3 Å². The third-order valence-electron chi connectivity index (χ3n) is 5.06. The number of carboxylic acid groups (broad SMARTS) is 1. The van der Waals surface area contributed by atoms with E-state index in [9.17, 15) is 29.3 Å². The summed E-state index contributed by atoms with van der Waals surface area (Å²) in [5, 5.41) is 28.4. The highest BCUT2D eigenvalue weighted by molar-refractivity contribution is 5.98. The van der Waals surface area contributed by atoms with Crippen molar-refractivity contribution < 1.29 is 34.0 Å². The highest BCUT2D eigenvalue weighted by atomic mass is 16.6. The van der Waals surface area contributed by atoms with Crippen LogP contribution in [0.4, 0.5) is 11.4 Å². The molecule has 0 spiro atoms. The predicted molar refractivity (Wildman–Crippen MR) is 153 cm³/mol. The molecule has 0 fully saturated rings. The van der Waals surface area contributed by atoms with Crippen molar-refractivity contribution in [1.82, 2.24) is 16.0 Å². The fourth-order valence-electron chi connectivity index (χ4n) is 3.16. The average molecular weight is 587 g/mol. The van der Waals surface area contributed by atoms with E-state index in [2.05, 4.69) is 26.3 Å². The molecule has 2 aromatic carbocycles. The fraction of sp³-hybridized carbons (Fsp3) is 0.308. The van der Waals surface area contributed by atoms with Gasteiger partial charge in [-0.05, 0) is 37.1 Å². The second-order valence-corrected chi connectivity index (χ2v) is 8.53. The Bertz CT molecular complexity index is 1240. The summed E-state index contributed by atoms with van der Waals surface area (Å²) in [7, 11) is 0. The van der Waals surface area contributed by atoms with Gasteiger partial charge in [0.05, 0.1) is 11.5 Å². The molecule has 0 aliphatic rings. The SMILES string of the molecule is CC(=O)O.NC(N)=NCCC[C@H](NC(=O)CNC(=O)CCNC(=O)c1ccccc1)C(=O)Nc1ccc([N+](=O)[O-])cc1. The van der Waals surface area contributed by atoms with Crippen molar-refractivity contribution in [2.24, 2.45) is 16.5 Å². The smallest absolute Gasteiger partial charge is 0.300 e. The Kier molecular flexibility index (Phi) is 15.4. The predicted octanol–water partition coefficient (Wildman–Crippen LogP) is 0.0989. The number of nitro groups is 1. The number of rotatable bonds is 14. The highest BCUT2D eigenvalue weighted by Gasteiger charge is 2.21. The molecule has 0 heterocycles. The number of anilines is 1. The molecule has 0 aromatic heterocycles. The highest BCUT2D eigenvalue weighted by Crippen LogP contribution is 2.16. The lowest BCUT2D eigenvalue weighted by Crippen LogP contribution is -2.47. The number of aliphatic carboxylic acids is 1. The number of nitro benzene ring substituents is 1. The van der Waals surface area contributed by atoms with Gasteiger partial charge in [-0.25, -0.2) is 0 Å². The van der Waals surface area contributed by atoms with E-state index in [-0.39, 0.29) is 50.0 Å². The third kappa shape index (κ3) is 15.2. The van der Waals surface area contributed by atoms with Gasteiger partial charge >= 0.3 is 0 Å². The van der Waals surface area contributed by atoms with Gasteiger partial charge in [-0.2, -0.15) is 0 Å². The molecule has 42 heavy (non-hydrogen) atoms. The van der Waals surface area contributed by atoms with E-state index < -0.39 is 34.7 Å². The first-order chi connectivity index (χ1) is 19.9. The first-order valence-electron chi connectivity index (χ1n) is 12.6. The van der Waals surface area contributed by atoms with Crippen LogP contribution in [0.15, 0.2) is 59.6 Å². The summed E-state index contributed by atoms with van der Waals surface area (Å²) in [5.74, 6) is -2.90. The standard InChI is InChI=1S/C24H30N8O6.C2H4O2/c25-24(26)28-13-4-7-19(23(36)30-17-8-10-18(11-9-17)32(37)38)31-21(34)15-29-20(33)12-14-27-22(35)16-5-2-1-3-6-16;1-2(3)4/h1-3,5-6,8-11,19H,4,7,12-15H2,(H,27,35)(H,29,33)(H,30,36)(H,31,34)(H4,25,26,28);1H3,(H,3,4)/t19-;/m0./s1. The van der Waals surface area contributed by atoms with Crippen LogP contribution in [0.5, 0.6) is 0 Å². The van der Waals surface area contributed by atoms with Gasteiger partial charge in [-0.15, -0.1) is 0 Å². The summed E-state index contributed by atoms with van der Waals surface area (Å²) >= 11 is 0. The van der Waals surface area contributed by atoms with Crippen molar-refractivity contribution in [2.45, 2.75) is 32.2 Å². The summed E-state index contributed by atoms with van der Waals surface area (Å²) in [4.78, 5) is 72.4. The van der Waals surface area contributed by atoms with E-state index in [1.807, 2.05) is 0 Å². The molecule has 0 bridgehead atoms. The Morgan fingerprint density at radius 2 is 1.60 bits per heavy atom. The Balaban J connectivity index is 0.00000206. The number of hydrogen-bond acceptors (Lipinski definition) is 8. The van der Waals surface area contributed by atoms with Crippen LogP contribution in [0.25, 0.3) is 0 Å². The van der Waals surface area contributed by atoms with Crippen LogP contribution in [-0.4, -0.2) is 71.3 Å². The topological polar surface area (TPSA) is 261 Å². The number of guanidine groups is 1. The number of non-ortho nitro benzene ring substituents is 1. The summed E-state index contributed by atoms with van der Waals surface area (Å²) in [6.07, 6.45) is 0.499. The number of carboxylic acids is 1. The van der Waals surface area contributed by atoms with Crippen LogP contribution in [0.2, 0.25) is 0 Å². The summed E-state index contributed by atoms with van der Waals surface area (Å²) in [6, 6.07) is 12.7. The number of nitrogens with zero attached hydrogens (tertiary/aromatic N) is 2. The van der Waals surface area contributed by atoms with E-state index in [1.54, 1.807) is 30.3 Å². The van der Waals surface area contributed by atoms with E-state index in [0.717, 1.165) is 6.92 Å². The second-order valence-electron chi connectivity index (χ2n) is 8.53. The van der Waals surface area contributed by atoms with Gasteiger partial charge < -0.3 is 37.8 Å². The maximum absolute atomic E-state index is 12.8. The van der Waals surface area contributed by atoms with Crippen LogP contribution < -0.4 is 32.7 Å². The number of carbonyl (C=O) groups is 5. The quantitative estimate of drug-likeness (QED) is 0.0516. The zero-order chi connectivity index (χ0) is 31.5. The van der Waals surface area contributed by atoms with Crippen molar-refractivity contribution in [3.05, 3.63) is 70.3 Å². The van der Waals surface area contributed by atoms with Crippen molar-refractivity contribution in [1.29, 1.82) is 0 Å². The molecule has 1 atom stereocenters. The first-order valence-corrected chi connectivity index (χ1v) is 12.6. The van der Waals surface area contributed by atoms with Gasteiger partial charge in [-0.1, -0.05) is 18.2 Å². The third-order valence-corrected chi connectivity index (χ3v) is 5.06. The van der Waals surface area contributed by atoms with Gasteiger partial charge in [0.2, 0.25) is 17.7 Å². The number of benzene rings is 2. The maximum atomic E-state index is 12.8. The Hall–Kier alpha value is -5.54. The molecule has 9 N–H and O–H groups in total. The molecule has 4 amide bonds. The van der Waals surface area contributed by atoms with Crippen LogP contribution in [0, 0.1) is 10.1 Å². The van der Waals surface area contributed by atoms with Gasteiger partial charge in [0.15, 0.2) is 5.96 Å². The second kappa shape index (κ2) is 18.7. The molecule has 0 aliphatic carbocycles. The Labute approximate surface area is 241 Å². The molecule has 0 saturated carbocycles. The molecule has 0 radical (unpaired) electrons. The normalized spacial score (nSPS) is 10.5. The molecule has 16 nitrogen and oxygen atoms in total.